The molecule has 0 aliphatic rings. The molecule has 0 aliphatic heterocycles. The van der Waals surface area contributed by atoms with Gasteiger partial charge in [0.15, 0.2) is 5.11 Å². The highest BCUT2D eigenvalue weighted by atomic mass is 32.1. The van der Waals surface area contributed by atoms with Gasteiger partial charge in [-0.15, -0.1) is 0 Å². The first kappa shape index (κ1) is 16.9. The molecule has 0 spiro atoms. The Bertz CT molecular complexity index is 279. The molecule has 5 N–H and O–H groups in total. The maximum absolute atomic E-state index is 10.2. The summed E-state index contributed by atoms with van der Waals surface area (Å²) in [6.45, 7) is 6.30. The van der Waals surface area contributed by atoms with Crippen LogP contribution >= 0.6 is 12.2 Å². The zero-order valence-electron chi connectivity index (χ0n) is 11.1. The van der Waals surface area contributed by atoms with Crippen LogP contribution in [0.2, 0.25) is 0 Å². The SMILES string of the molecule is CC(C)(C)NC(=S)N[C@@H](CO)CCCNC(=O)O. The highest BCUT2D eigenvalue weighted by Gasteiger charge is 2.14. The Kier molecular flexibility index (Phi) is 7.61. The van der Waals surface area contributed by atoms with E-state index in [9.17, 15) is 9.90 Å². The fourth-order valence-electron chi connectivity index (χ4n) is 1.31. The first-order valence-corrected chi connectivity index (χ1v) is 6.32. The molecule has 0 aromatic rings. The molecule has 0 saturated carbocycles. The molecule has 18 heavy (non-hydrogen) atoms. The lowest BCUT2D eigenvalue weighted by Gasteiger charge is -2.26. The van der Waals surface area contributed by atoms with Gasteiger partial charge < -0.3 is 26.2 Å². The molecule has 0 fully saturated rings. The Morgan fingerprint density at radius 3 is 2.44 bits per heavy atom. The van der Waals surface area contributed by atoms with Crippen molar-refractivity contribution in [1.29, 1.82) is 0 Å². The Balaban J connectivity index is 3.89. The van der Waals surface area contributed by atoms with Crippen molar-refractivity contribution >= 4 is 23.4 Å². The minimum absolute atomic E-state index is 0.0426. The van der Waals surface area contributed by atoms with Gasteiger partial charge >= 0.3 is 6.09 Å². The molecule has 1 amide bonds. The van der Waals surface area contributed by atoms with Crippen molar-refractivity contribution < 1.29 is 15.0 Å². The highest BCUT2D eigenvalue weighted by molar-refractivity contribution is 7.80. The van der Waals surface area contributed by atoms with Gasteiger partial charge in [0, 0.05) is 12.1 Å². The second-order valence-electron chi connectivity index (χ2n) is 5.10. The topological polar surface area (TPSA) is 93.6 Å². The molecule has 106 valence electrons. The summed E-state index contributed by atoms with van der Waals surface area (Å²) in [5, 5.41) is 26.5. The zero-order valence-corrected chi connectivity index (χ0v) is 11.9. The minimum Gasteiger partial charge on any atom is -0.465 e. The van der Waals surface area contributed by atoms with Crippen LogP contribution in [0, 0.1) is 0 Å². The summed E-state index contributed by atoms with van der Waals surface area (Å²) in [4.78, 5) is 10.2. The van der Waals surface area contributed by atoms with Crippen molar-refractivity contribution in [2.45, 2.75) is 45.2 Å². The highest BCUT2D eigenvalue weighted by Crippen LogP contribution is 2.00. The number of carbonyl (C=O) groups is 1. The van der Waals surface area contributed by atoms with Crippen molar-refractivity contribution in [3.8, 4) is 0 Å². The summed E-state index contributed by atoms with van der Waals surface area (Å²) in [6.07, 6.45) is 0.249. The van der Waals surface area contributed by atoms with Gasteiger partial charge in [-0.3, -0.25) is 0 Å². The lowest BCUT2D eigenvalue weighted by Crippen LogP contribution is -2.50. The van der Waals surface area contributed by atoms with Gasteiger partial charge in [-0.1, -0.05) is 0 Å². The molecule has 0 rings (SSSR count). The Morgan fingerprint density at radius 2 is 2.00 bits per heavy atom. The number of nitrogens with one attached hydrogen (secondary N) is 3. The van der Waals surface area contributed by atoms with Crippen LogP contribution in [0.25, 0.3) is 0 Å². The Morgan fingerprint density at radius 1 is 1.39 bits per heavy atom. The summed E-state index contributed by atoms with van der Waals surface area (Å²) in [7, 11) is 0. The van der Waals surface area contributed by atoms with E-state index >= 15 is 0 Å². The van der Waals surface area contributed by atoms with Crippen molar-refractivity contribution in [3.05, 3.63) is 0 Å². The lowest BCUT2D eigenvalue weighted by atomic mass is 10.1. The average Bonchev–Trinajstić information content (AvgIpc) is 2.19. The molecule has 0 aromatic carbocycles. The van der Waals surface area contributed by atoms with Crippen LogP contribution in [0.4, 0.5) is 4.79 Å². The molecule has 7 heteroatoms. The number of rotatable bonds is 6. The zero-order chi connectivity index (χ0) is 14.2. The van der Waals surface area contributed by atoms with Gasteiger partial charge in [0.05, 0.1) is 12.6 Å². The molecule has 0 heterocycles. The van der Waals surface area contributed by atoms with E-state index in [1.165, 1.54) is 0 Å². The third-order valence-corrected chi connectivity index (χ3v) is 2.27. The van der Waals surface area contributed by atoms with E-state index in [1.54, 1.807) is 0 Å². The van der Waals surface area contributed by atoms with Crippen LogP contribution in [0.3, 0.4) is 0 Å². The second kappa shape index (κ2) is 8.10. The van der Waals surface area contributed by atoms with Gasteiger partial charge in [-0.25, -0.2) is 4.79 Å². The lowest BCUT2D eigenvalue weighted by molar-refractivity contribution is 0.193. The van der Waals surface area contributed by atoms with Crippen molar-refractivity contribution in [2.24, 2.45) is 0 Å². The monoisotopic (exact) mass is 277 g/mol. The standard InChI is InChI=1S/C11H23N3O3S/c1-11(2,3)14-9(18)13-8(7-15)5-4-6-12-10(16)17/h8,12,15H,4-7H2,1-3H3,(H,16,17)(H2,13,14,18)/t8-/m1/s1. The van der Waals surface area contributed by atoms with Crippen molar-refractivity contribution in [2.75, 3.05) is 13.2 Å². The van der Waals surface area contributed by atoms with Crippen LogP contribution in [0.1, 0.15) is 33.6 Å². The van der Waals surface area contributed by atoms with Gasteiger partial charge in [0.2, 0.25) is 0 Å². The van der Waals surface area contributed by atoms with Crippen LogP contribution in [0.15, 0.2) is 0 Å². The smallest absolute Gasteiger partial charge is 0.404 e. The van der Waals surface area contributed by atoms with Gasteiger partial charge in [0.25, 0.3) is 0 Å². The average molecular weight is 277 g/mol. The Hall–Kier alpha value is -1.08. The molecule has 0 unspecified atom stereocenters. The number of thiocarbonyl (C=S) groups is 1. The number of aliphatic hydroxyl groups excluding tert-OH is 1. The van der Waals surface area contributed by atoms with Crippen LogP contribution in [-0.4, -0.2) is 46.2 Å². The molecular formula is C11H23N3O3S. The van der Waals surface area contributed by atoms with Crippen molar-refractivity contribution in [3.63, 3.8) is 0 Å². The number of aliphatic hydroxyl groups is 1. The molecule has 0 aromatic heterocycles. The van der Waals surface area contributed by atoms with Crippen molar-refractivity contribution in [1.82, 2.24) is 16.0 Å². The van der Waals surface area contributed by atoms with Gasteiger partial charge in [-0.05, 0) is 45.8 Å². The van der Waals surface area contributed by atoms with Crippen LogP contribution < -0.4 is 16.0 Å². The molecular weight excluding hydrogens is 254 g/mol. The summed E-state index contributed by atoms with van der Waals surface area (Å²) in [5.74, 6) is 0. The maximum atomic E-state index is 10.2. The molecule has 0 aliphatic carbocycles. The first-order chi connectivity index (χ1) is 8.24. The van der Waals surface area contributed by atoms with E-state index in [1.807, 2.05) is 20.8 Å². The molecule has 0 saturated heterocycles. The number of hydrogen-bond acceptors (Lipinski definition) is 3. The summed E-state index contributed by atoms with van der Waals surface area (Å²) in [5.41, 5.74) is -0.130. The normalized spacial score (nSPS) is 12.7. The van der Waals surface area contributed by atoms with E-state index in [-0.39, 0.29) is 18.2 Å². The van der Waals surface area contributed by atoms with E-state index in [0.29, 0.717) is 24.5 Å². The van der Waals surface area contributed by atoms with Gasteiger partial charge in [0.1, 0.15) is 0 Å². The predicted octanol–water partition coefficient (Wildman–Crippen LogP) is 0.658. The number of hydrogen-bond donors (Lipinski definition) is 5. The summed E-state index contributed by atoms with van der Waals surface area (Å²) < 4.78 is 0. The largest absolute Gasteiger partial charge is 0.465 e. The third-order valence-electron chi connectivity index (χ3n) is 2.05. The summed E-state index contributed by atoms with van der Waals surface area (Å²) in [6, 6.07) is -0.164. The van der Waals surface area contributed by atoms with E-state index in [2.05, 4.69) is 16.0 Å². The van der Waals surface area contributed by atoms with E-state index in [4.69, 9.17) is 17.3 Å². The minimum atomic E-state index is -1.03. The quantitative estimate of drug-likeness (QED) is 0.362. The third kappa shape index (κ3) is 10.1. The van der Waals surface area contributed by atoms with Gasteiger partial charge in [-0.2, -0.15) is 0 Å². The fraction of sp³-hybridized carbons (Fsp3) is 0.818. The summed E-state index contributed by atoms with van der Waals surface area (Å²) >= 11 is 5.12. The van der Waals surface area contributed by atoms with E-state index < -0.39 is 6.09 Å². The maximum Gasteiger partial charge on any atom is 0.404 e. The van der Waals surface area contributed by atoms with E-state index in [0.717, 1.165) is 0 Å². The first-order valence-electron chi connectivity index (χ1n) is 5.91. The number of carboxylic acid groups (broad SMARTS) is 1. The number of amides is 1. The molecule has 1 atom stereocenters. The fourth-order valence-corrected chi connectivity index (χ4v) is 1.79. The van der Waals surface area contributed by atoms with Crippen LogP contribution in [-0.2, 0) is 0 Å². The Labute approximate surface area is 113 Å². The second-order valence-corrected chi connectivity index (χ2v) is 5.51. The van der Waals surface area contributed by atoms with Crippen LogP contribution in [0.5, 0.6) is 0 Å². The molecule has 6 nitrogen and oxygen atoms in total. The molecule has 0 radical (unpaired) electrons. The molecule has 0 bridgehead atoms. The predicted molar refractivity (Wildman–Crippen MR) is 74.8 cm³/mol.